The maximum Gasteiger partial charge on any atom is 0.387 e. The minimum Gasteiger partial charge on any atom is -0.451 e. The van der Waals surface area contributed by atoms with Crippen molar-refractivity contribution in [2.24, 2.45) is 0 Å². The number of ketones is 1. The number of alkyl halides is 2. The second-order valence-electron chi connectivity index (χ2n) is 5.50. The van der Waals surface area contributed by atoms with Gasteiger partial charge in [0.1, 0.15) is 5.75 Å². The number of benzene rings is 2. The summed E-state index contributed by atoms with van der Waals surface area (Å²) >= 11 is 0. The molecule has 0 spiro atoms. The third-order valence-electron chi connectivity index (χ3n) is 3.56. The Morgan fingerprint density at radius 1 is 1.11 bits per heavy atom. The molecule has 0 aromatic heterocycles. The molecular weight excluding hydrogens is 376 g/mol. The van der Waals surface area contributed by atoms with Crippen molar-refractivity contribution in [3.05, 3.63) is 75.8 Å². The number of nitro groups is 1. The van der Waals surface area contributed by atoms with Crippen LogP contribution in [0.4, 0.5) is 14.5 Å². The Kier molecular flexibility index (Phi) is 6.91. The van der Waals surface area contributed by atoms with Gasteiger partial charge >= 0.3 is 12.6 Å². The van der Waals surface area contributed by atoms with Gasteiger partial charge in [-0.2, -0.15) is 8.78 Å². The maximum atomic E-state index is 12.3. The number of ether oxygens (including phenoxy) is 2. The van der Waals surface area contributed by atoms with Crippen LogP contribution in [0.1, 0.15) is 22.8 Å². The van der Waals surface area contributed by atoms with Gasteiger partial charge < -0.3 is 9.47 Å². The molecule has 28 heavy (non-hydrogen) atoms. The van der Waals surface area contributed by atoms with Gasteiger partial charge in [-0.3, -0.25) is 14.9 Å². The highest BCUT2D eigenvalue weighted by Crippen LogP contribution is 2.19. The quantitative estimate of drug-likeness (QED) is 0.222. The number of rotatable bonds is 8. The molecule has 9 heteroatoms. The first-order chi connectivity index (χ1) is 13.3. The molecule has 7 nitrogen and oxygen atoms in total. The van der Waals surface area contributed by atoms with Crippen LogP contribution in [-0.2, 0) is 9.53 Å². The van der Waals surface area contributed by atoms with Crippen molar-refractivity contribution < 1.29 is 32.8 Å². The lowest BCUT2D eigenvalue weighted by molar-refractivity contribution is -0.385. The normalized spacial score (nSPS) is 12.0. The first kappa shape index (κ1) is 20.7. The van der Waals surface area contributed by atoms with Gasteiger partial charge in [0.2, 0.25) is 5.78 Å². The molecule has 0 aliphatic carbocycles. The van der Waals surface area contributed by atoms with Crippen molar-refractivity contribution in [1.29, 1.82) is 0 Å². The van der Waals surface area contributed by atoms with Crippen molar-refractivity contribution in [2.45, 2.75) is 19.6 Å². The Bertz CT molecular complexity index is 896. The van der Waals surface area contributed by atoms with Gasteiger partial charge in [-0.25, -0.2) is 4.79 Å². The molecule has 1 atom stereocenters. The fourth-order valence-electron chi connectivity index (χ4n) is 2.25. The van der Waals surface area contributed by atoms with E-state index in [1.54, 1.807) is 6.07 Å². The van der Waals surface area contributed by atoms with Crippen molar-refractivity contribution in [2.75, 3.05) is 0 Å². The van der Waals surface area contributed by atoms with Crippen LogP contribution in [0, 0.1) is 10.1 Å². The SMILES string of the molecule is C[C@@H](OC(=O)/C=C/c1ccccc1[N+](=O)[O-])C(=O)c1ccc(OC(F)F)cc1. The molecule has 146 valence electrons. The van der Waals surface area contributed by atoms with E-state index in [4.69, 9.17) is 4.74 Å². The van der Waals surface area contributed by atoms with E-state index < -0.39 is 29.4 Å². The minimum atomic E-state index is -2.98. The fourth-order valence-corrected chi connectivity index (χ4v) is 2.25. The molecule has 0 saturated heterocycles. The lowest BCUT2D eigenvalue weighted by Crippen LogP contribution is -2.23. The molecule has 2 aromatic rings. The maximum absolute atomic E-state index is 12.3. The molecule has 0 saturated carbocycles. The lowest BCUT2D eigenvalue weighted by Gasteiger charge is -2.11. The van der Waals surface area contributed by atoms with Crippen molar-refractivity contribution in [1.82, 2.24) is 0 Å². The van der Waals surface area contributed by atoms with Gasteiger partial charge in [-0.15, -0.1) is 0 Å². The summed E-state index contributed by atoms with van der Waals surface area (Å²) in [6, 6.07) is 10.8. The van der Waals surface area contributed by atoms with Gasteiger partial charge in [0.25, 0.3) is 5.69 Å². The number of nitro benzene ring substituents is 1. The van der Waals surface area contributed by atoms with E-state index in [-0.39, 0.29) is 22.6 Å². The second-order valence-corrected chi connectivity index (χ2v) is 5.50. The molecule has 0 aliphatic heterocycles. The number of nitrogens with zero attached hydrogens (tertiary/aromatic N) is 1. The summed E-state index contributed by atoms with van der Waals surface area (Å²) in [4.78, 5) is 34.5. The summed E-state index contributed by atoms with van der Waals surface area (Å²) in [6.07, 6.45) is 1.05. The van der Waals surface area contributed by atoms with E-state index in [0.717, 1.165) is 6.08 Å². The standard InChI is InChI=1S/C19H15F2NO6/c1-12(18(24)14-6-9-15(10-7-14)28-19(20)21)27-17(23)11-8-13-4-2-3-5-16(13)22(25)26/h2-12,19H,1H3/b11-8+/t12-/m1/s1. The minimum absolute atomic E-state index is 0.108. The largest absolute Gasteiger partial charge is 0.451 e. The van der Waals surface area contributed by atoms with Gasteiger partial charge in [0, 0.05) is 17.7 Å². The Labute approximate surface area is 158 Å². The number of Topliss-reactive ketones (excluding diaryl/α,β-unsaturated/α-hetero) is 1. The van der Waals surface area contributed by atoms with Gasteiger partial charge in [0.05, 0.1) is 10.5 Å². The number of carbonyl (C=O) groups excluding carboxylic acids is 2. The molecular formula is C19H15F2NO6. The fraction of sp³-hybridized carbons (Fsp3) is 0.158. The van der Waals surface area contributed by atoms with Crippen molar-refractivity contribution in [3.8, 4) is 5.75 Å². The highest BCUT2D eigenvalue weighted by Gasteiger charge is 2.19. The predicted molar refractivity (Wildman–Crippen MR) is 95.1 cm³/mol. The molecule has 2 rings (SSSR count). The van der Waals surface area contributed by atoms with Crippen LogP contribution >= 0.6 is 0 Å². The first-order valence-electron chi connectivity index (χ1n) is 7.99. The highest BCUT2D eigenvalue weighted by atomic mass is 19.3. The number of halogens is 2. The third kappa shape index (κ3) is 5.70. The molecule has 0 unspecified atom stereocenters. The molecule has 0 fully saturated rings. The van der Waals surface area contributed by atoms with Crippen LogP contribution in [0.3, 0.4) is 0 Å². The first-order valence-corrected chi connectivity index (χ1v) is 7.99. The summed E-state index contributed by atoms with van der Waals surface area (Å²) in [5.74, 6) is -1.52. The average Bonchev–Trinajstić information content (AvgIpc) is 2.66. The van der Waals surface area contributed by atoms with E-state index in [9.17, 15) is 28.5 Å². The van der Waals surface area contributed by atoms with E-state index in [0.29, 0.717) is 0 Å². The molecule has 0 radical (unpaired) electrons. The average molecular weight is 391 g/mol. The van der Waals surface area contributed by atoms with Crippen LogP contribution in [-0.4, -0.2) is 29.4 Å². The molecule has 2 aromatic carbocycles. The number of hydrogen-bond acceptors (Lipinski definition) is 6. The summed E-state index contributed by atoms with van der Waals surface area (Å²) in [6.45, 7) is -1.63. The van der Waals surface area contributed by atoms with Gasteiger partial charge in [-0.05, 0) is 43.3 Å². The Hall–Kier alpha value is -3.62. The molecule has 0 amide bonds. The summed E-state index contributed by atoms with van der Waals surface area (Å²) in [7, 11) is 0. The predicted octanol–water partition coefficient (Wildman–Crippen LogP) is 4.02. The molecule has 0 aliphatic rings. The monoisotopic (exact) mass is 391 g/mol. The van der Waals surface area contributed by atoms with Crippen molar-refractivity contribution >= 4 is 23.5 Å². The van der Waals surface area contributed by atoms with Gasteiger partial charge in [-0.1, -0.05) is 12.1 Å². The van der Waals surface area contributed by atoms with E-state index in [1.165, 1.54) is 55.5 Å². The zero-order valence-electron chi connectivity index (χ0n) is 14.6. The van der Waals surface area contributed by atoms with Crippen LogP contribution < -0.4 is 4.74 Å². The third-order valence-corrected chi connectivity index (χ3v) is 3.56. The molecule has 0 N–H and O–H groups in total. The zero-order chi connectivity index (χ0) is 20.7. The second kappa shape index (κ2) is 9.36. The van der Waals surface area contributed by atoms with Crippen LogP contribution in [0.2, 0.25) is 0 Å². The zero-order valence-corrected chi connectivity index (χ0v) is 14.6. The van der Waals surface area contributed by atoms with Gasteiger partial charge in [0.15, 0.2) is 6.10 Å². The van der Waals surface area contributed by atoms with E-state index >= 15 is 0 Å². The smallest absolute Gasteiger partial charge is 0.387 e. The lowest BCUT2D eigenvalue weighted by atomic mass is 10.1. The Morgan fingerprint density at radius 2 is 1.75 bits per heavy atom. The number of para-hydroxylation sites is 1. The van der Waals surface area contributed by atoms with Crippen LogP contribution in [0.25, 0.3) is 6.08 Å². The molecule has 0 bridgehead atoms. The summed E-state index contributed by atoms with van der Waals surface area (Å²) in [5.41, 5.74) is 0.171. The van der Waals surface area contributed by atoms with Crippen LogP contribution in [0.5, 0.6) is 5.75 Å². The topological polar surface area (TPSA) is 95.7 Å². The van der Waals surface area contributed by atoms with E-state index in [2.05, 4.69) is 4.74 Å². The van der Waals surface area contributed by atoms with Crippen molar-refractivity contribution in [3.63, 3.8) is 0 Å². The summed E-state index contributed by atoms with van der Waals surface area (Å²) < 4.78 is 33.4. The molecule has 0 heterocycles. The number of hydrogen-bond donors (Lipinski definition) is 0. The van der Waals surface area contributed by atoms with E-state index in [1.807, 2.05) is 0 Å². The van der Waals surface area contributed by atoms with Crippen LogP contribution in [0.15, 0.2) is 54.6 Å². The Morgan fingerprint density at radius 3 is 2.36 bits per heavy atom. The number of carbonyl (C=O) groups is 2. The Balaban J connectivity index is 2.00. The highest BCUT2D eigenvalue weighted by molar-refractivity contribution is 6.01. The number of esters is 1. The summed E-state index contributed by atoms with van der Waals surface area (Å²) in [5, 5.41) is 10.9.